The van der Waals surface area contributed by atoms with Gasteiger partial charge in [0.1, 0.15) is 5.82 Å². The Hall–Kier alpha value is -1.27. The highest BCUT2D eigenvalue weighted by molar-refractivity contribution is 7.98. The van der Waals surface area contributed by atoms with Gasteiger partial charge in [0, 0.05) is 18.0 Å². The molecular weight excluding hydrogens is 267 g/mol. The quantitative estimate of drug-likeness (QED) is 0.779. The fraction of sp³-hybridized carbons (Fsp3) is 0.462. The predicted octanol–water partition coefficient (Wildman–Crippen LogP) is 2.37. The molecule has 0 radical (unpaired) electrons. The van der Waals surface area contributed by atoms with Crippen molar-refractivity contribution in [3.05, 3.63) is 29.6 Å². The van der Waals surface area contributed by atoms with Crippen LogP contribution in [0.3, 0.4) is 0 Å². The van der Waals surface area contributed by atoms with E-state index in [0.29, 0.717) is 17.0 Å². The molecule has 0 fully saturated rings. The number of aliphatic hydroxyl groups is 1. The summed E-state index contributed by atoms with van der Waals surface area (Å²) in [6.07, 6.45) is 1.89. The minimum atomic E-state index is -0.950. The van der Waals surface area contributed by atoms with Gasteiger partial charge < -0.3 is 15.7 Å². The van der Waals surface area contributed by atoms with E-state index in [0.717, 1.165) is 0 Å². The van der Waals surface area contributed by atoms with Crippen LogP contribution in [-0.4, -0.2) is 35.3 Å². The summed E-state index contributed by atoms with van der Waals surface area (Å²) in [5.41, 5.74) is 0.239. The van der Waals surface area contributed by atoms with E-state index >= 15 is 0 Å². The molecule has 0 aliphatic rings. The molecule has 0 bridgehead atoms. The number of anilines is 1. The number of amides is 2. The van der Waals surface area contributed by atoms with Crippen LogP contribution in [0.2, 0.25) is 0 Å². The van der Waals surface area contributed by atoms with Gasteiger partial charge in [-0.2, -0.15) is 11.8 Å². The number of aryl methyl sites for hydroxylation is 1. The van der Waals surface area contributed by atoms with Gasteiger partial charge in [-0.05, 0) is 43.9 Å². The number of halogens is 1. The molecule has 1 rings (SSSR count). The molecule has 3 N–H and O–H groups in total. The van der Waals surface area contributed by atoms with Crippen LogP contribution in [0.1, 0.15) is 12.5 Å². The molecule has 0 saturated carbocycles. The molecule has 1 unspecified atom stereocenters. The second-order valence-corrected chi connectivity index (χ2v) is 5.56. The first-order valence-electron chi connectivity index (χ1n) is 5.86. The average Bonchev–Trinajstić information content (AvgIpc) is 2.30. The van der Waals surface area contributed by atoms with Crippen LogP contribution in [0.25, 0.3) is 0 Å². The Morgan fingerprint density at radius 2 is 2.21 bits per heavy atom. The standard InChI is InChI=1S/C13H19FN2O2S/c1-9-6-10(14)4-5-11(9)16-12(17)15-7-13(2,18)8-19-3/h4-6,18H,7-8H2,1-3H3,(H2,15,16,17). The third-order valence-corrected chi connectivity index (χ3v) is 3.43. The van der Waals surface area contributed by atoms with Gasteiger partial charge in [0.15, 0.2) is 0 Å². The van der Waals surface area contributed by atoms with Gasteiger partial charge in [-0.3, -0.25) is 0 Å². The van der Waals surface area contributed by atoms with Crippen LogP contribution in [0.5, 0.6) is 0 Å². The lowest BCUT2D eigenvalue weighted by Gasteiger charge is -2.22. The first-order valence-corrected chi connectivity index (χ1v) is 7.26. The van der Waals surface area contributed by atoms with Gasteiger partial charge in [0.2, 0.25) is 0 Å². The lowest BCUT2D eigenvalue weighted by molar-refractivity contribution is 0.0876. The monoisotopic (exact) mass is 286 g/mol. The molecule has 1 aromatic rings. The lowest BCUT2D eigenvalue weighted by atomic mass is 10.1. The molecule has 106 valence electrons. The van der Waals surface area contributed by atoms with Crippen molar-refractivity contribution in [2.45, 2.75) is 19.4 Å². The number of hydrogen-bond acceptors (Lipinski definition) is 3. The fourth-order valence-corrected chi connectivity index (χ4v) is 2.29. The van der Waals surface area contributed by atoms with Crippen LogP contribution < -0.4 is 10.6 Å². The zero-order valence-electron chi connectivity index (χ0n) is 11.3. The molecule has 2 amide bonds. The summed E-state index contributed by atoms with van der Waals surface area (Å²) >= 11 is 1.50. The molecule has 4 nitrogen and oxygen atoms in total. The van der Waals surface area contributed by atoms with Gasteiger partial charge in [0.25, 0.3) is 0 Å². The van der Waals surface area contributed by atoms with Gasteiger partial charge in [-0.1, -0.05) is 0 Å². The SMILES string of the molecule is CSCC(C)(O)CNC(=O)Nc1ccc(F)cc1C. The van der Waals surface area contributed by atoms with Gasteiger partial charge in [-0.15, -0.1) is 0 Å². The highest BCUT2D eigenvalue weighted by Gasteiger charge is 2.20. The lowest BCUT2D eigenvalue weighted by Crippen LogP contribution is -2.44. The summed E-state index contributed by atoms with van der Waals surface area (Å²) in [7, 11) is 0. The number of carbonyl (C=O) groups is 1. The van der Waals surface area contributed by atoms with Crippen LogP contribution in [-0.2, 0) is 0 Å². The topological polar surface area (TPSA) is 61.4 Å². The largest absolute Gasteiger partial charge is 0.387 e. The zero-order chi connectivity index (χ0) is 14.5. The van der Waals surface area contributed by atoms with E-state index in [-0.39, 0.29) is 12.4 Å². The Morgan fingerprint density at radius 3 is 2.79 bits per heavy atom. The van der Waals surface area contributed by atoms with Crippen molar-refractivity contribution < 1.29 is 14.3 Å². The zero-order valence-corrected chi connectivity index (χ0v) is 12.1. The Balaban J connectivity index is 2.52. The third kappa shape index (κ3) is 5.48. The summed E-state index contributed by atoms with van der Waals surface area (Å²) in [6.45, 7) is 3.52. The number of nitrogens with one attached hydrogen (secondary N) is 2. The van der Waals surface area contributed by atoms with E-state index < -0.39 is 11.6 Å². The summed E-state index contributed by atoms with van der Waals surface area (Å²) in [4.78, 5) is 11.7. The number of rotatable bonds is 5. The maximum absolute atomic E-state index is 12.9. The number of urea groups is 1. The van der Waals surface area contributed by atoms with Crippen molar-refractivity contribution in [2.24, 2.45) is 0 Å². The van der Waals surface area contributed by atoms with E-state index in [2.05, 4.69) is 10.6 Å². The molecule has 1 atom stereocenters. The van der Waals surface area contributed by atoms with E-state index in [9.17, 15) is 14.3 Å². The number of carbonyl (C=O) groups excluding carboxylic acids is 1. The minimum absolute atomic E-state index is 0.153. The van der Waals surface area contributed by atoms with Crippen LogP contribution in [0.4, 0.5) is 14.9 Å². The van der Waals surface area contributed by atoms with Crippen LogP contribution >= 0.6 is 11.8 Å². The molecule has 1 aromatic carbocycles. The highest BCUT2D eigenvalue weighted by Crippen LogP contribution is 2.15. The average molecular weight is 286 g/mol. The maximum Gasteiger partial charge on any atom is 0.319 e. The Kier molecular flexibility index (Phi) is 5.62. The highest BCUT2D eigenvalue weighted by atomic mass is 32.2. The van der Waals surface area contributed by atoms with E-state index in [1.165, 1.54) is 30.0 Å². The first-order chi connectivity index (χ1) is 8.84. The molecule has 6 heteroatoms. The number of thioether (sulfide) groups is 1. The summed E-state index contributed by atoms with van der Waals surface area (Å²) in [5.74, 6) is 0.189. The Morgan fingerprint density at radius 1 is 1.53 bits per heavy atom. The molecule has 0 spiro atoms. The number of hydrogen-bond donors (Lipinski definition) is 3. The Labute approximate surface area is 116 Å². The van der Waals surface area contributed by atoms with E-state index in [1.807, 2.05) is 6.26 Å². The second-order valence-electron chi connectivity index (χ2n) is 4.70. The Bertz CT molecular complexity index is 452. The van der Waals surface area contributed by atoms with Crippen molar-refractivity contribution in [1.29, 1.82) is 0 Å². The van der Waals surface area contributed by atoms with Crippen LogP contribution in [0.15, 0.2) is 18.2 Å². The second kappa shape index (κ2) is 6.77. The summed E-state index contributed by atoms with van der Waals surface area (Å²) in [6, 6.07) is 3.71. The summed E-state index contributed by atoms with van der Waals surface area (Å²) < 4.78 is 12.9. The van der Waals surface area contributed by atoms with Gasteiger partial charge in [-0.25, -0.2) is 9.18 Å². The van der Waals surface area contributed by atoms with Gasteiger partial charge in [0.05, 0.1) is 5.60 Å². The number of benzene rings is 1. The van der Waals surface area contributed by atoms with Crippen LogP contribution in [0, 0.1) is 12.7 Å². The fourth-order valence-electron chi connectivity index (χ4n) is 1.57. The normalized spacial score (nSPS) is 13.7. The van der Waals surface area contributed by atoms with Crippen molar-refractivity contribution >= 4 is 23.5 Å². The first kappa shape index (κ1) is 15.8. The third-order valence-electron chi connectivity index (χ3n) is 2.52. The molecule has 0 aromatic heterocycles. The minimum Gasteiger partial charge on any atom is -0.387 e. The van der Waals surface area contributed by atoms with Crippen molar-refractivity contribution in [3.8, 4) is 0 Å². The van der Waals surface area contributed by atoms with E-state index in [1.54, 1.807) is 13.8 Å². The van der Waals surface area contributed by atoms with Crippen molar-refractivity contribution in [2.75, 3.05) is 23.9 Å². The maximum atomic E-state index is 12.9. The smallest absolute Gasteiger partial charge is 0.319 e. The molecule has 19 heavy (non-hydrogen) atoms. The molecule has 0 aliphatic carbocycles. The molecular formula is C13H19FN2O2S. The van der Waals surface area contributed by atoms with E-state index in [4.69, 9.17) is 0 Å². The van der Waals surface area contributed by atoms with Crippen molar-refractivity contribution in [3.63, 3.8) is 0 Å². The summed E-state index contributed by atoms with van der Waals surface area (Å²) in [5, 5.41) is 15.1. The molecule has 0 heterocycles. The van der Waals surface area contributed by atoms with Crippen molar-refractivity contribution in [1.82, 2.24) is 5.32 Å². The molecule has 0 saturated heterocycles. The van der Waals surface area contributed by atoms with Gasteiger partial charge >= 0.3 is 6.03 Å². The molecule has 0 aliphatic heterocycles. The predicted molar refractivity (Wildman–Crippen MR) is 77.2 cm³/mol.